The monoisotopic (exact) mass is 518 g/mol. The molecular formula is C30H34N2O6. The third kappa shape index (κ3) is 3.05. The number of ether oxygens (including phenoxy) is 1. The average molecular weight is 519 g/mol. The van der Waals surface area contributed by atoms with Gasteiger partial charge in [-0.15, -0.1) is 0 Å². The van der Waals surface area contributed by atoms with E-state index in [4.69, 9.17) is 4.74 Å². The fraction of sp³-hybridized carbons (Fsp3) is 0.500. The molecule has 2 bridgehead atoms. The van der Waals surface area contributed by atoms with E-state index in [1.54, 1.807) is 23.6 Å². The van der Waals surface area contributed by atoms with E-state index in [-0.39, 0.29) is 40.2 Å². The van der Waals surface area contributed by atoms with E-state index in [0.29, 0.717) is 17.7 Å². The summed E-state index contributed by atoms with van der Waals surface area (Å²) in [6, 6.07) is 9.20. The number of rotatable bonds is 4. The third-order valence-corrected chi connectivity index (χ3v) is 10.0. The maximum Gasteiger partial charge on any atom is 0.357 e. The van der Waals surface area contributed by atoms with Crippen molar-refractivity contribution in [2.45, 2.75) is 51.9 Å². The summed E-state index contributed by atoms with van der Waals surface area (Å²) in [5, 5.41) is 34.5. The minimum Gasteiger partial charge on any atom is -0.450 e. The highest BCUT2D eigenvalue weighted by Crippen LogP contribution is 2.71. The van der Waals surface area contributed by atoms with Crippen molar-refractivity contribution in [3.63, 3.8) is 0 Å². The van der Waals surface area contributed by atoms with Crippen molar-refractivity contribution in [2.75, 3.05) is 6.61 Å². The highest BCUT2D eigenvalue weighted by Gasteiger charge is 2.76. The number of fused-ring (bicyclic) bond motifs is 3. The number of Topliss-reactive ketones (excluding diaryl/α,β-unsaturated/α-hetero) is 1. The van der Waals surface area contributed by atoms with E-state index in [1.807, 2.05) is 37.3 Å². The molecule has 0 aliphatic heterocycles. The largest absolute Gasteiger partial charge is 0.450 e. The van der Waals surface area contributed by atoms with Gasteiger partial charge in [0.2, 0.25) is 0 Å². The van der Waals surface area contributed by atoms with E-state index in [9.17, 15) is 24.9 Å². The number of hydrogen-bond acceptors (Lipinski definition) is 7. The van der Waals surface area contributed by atoms with Crippen molar-refractivity contribution in [2.24, 2.45) is 34.5 Å². The number of aliphatic hydroxyl groups excluding tert-OH is 2. The molecule has 4 aliphatic carbocycles. The van der Waals surface area contributed by atoms with Gasteiger partial charge in [-0.3, -0.25) is 9.36 Å². The number of allylic oxidation sites excluding steroid dienone is 1. The molecule has 0 radical (unpaired) electrons. The normalized spacial score (nSPS) is 38.8. The maximum absolute atomic E-state index is 14.4. The second-order valence-electron chi connectivity index (χ2n) is 12.1. The molecule has 1 aromatic carbocycles. The highest BCUT2D eigenvalue weighted by atomic mass is 16.6. The molecule has 1 heterocycles. The maximum atomic E-state index is 14.4. The van der Waals surface area contributed by atoms with Gasteiger partial charge in [0.15, 0.2) is 23.2 Å². The lowest BCUT2D eigenvalue weighted by Crippen LogP contribution is -2.65. The lowest BCUT2D eigenvalue weighted by Gasteiger charge is -2.48. The van der Waals surface area contributed by atoms with Crippen LogP contribution in [0.2, 0.25) is 0 Å². The van der Waals surface area contributed by atoms with E-state index >= 15 is 0 Å². The molecule has 2 unspecified atom stereocenters. The van der Waals surface area contributed by atoms with Gasteiger partial charge >= 0.3 is 5.97 Å². The van der Waals surface area contributed by atoms with Gasteiger partial charge in [0.25, 0.3) is 0 Å². The Kier molecular flexibility index (Phi) is 5.45. The number of aliphatic hydroxyl groups is 3. The van der Waals surface area contributed by atoms with Crippen molar-refractivity contribution in [1.29, 1.82) is 0 Å². The zero-order valence-corrected chi connectivity index (χ0v) is 22.0. The number of benzene rings is 1. The molecular weight excluding hydrogens is 484 g/mol. The Morgan fingerprint density at radius 1 is 1.24 bits per heavy atom. The number of nitrogens with zero attached hydrogens (tertiary/aromatic N) is 2. The van der Waals surface area contributed by atoms with E-state index in [1.165, 1.54) is 12.5 Å². The smallest absolute Gasteiger partial charge is 0.357 e. The molecule has 6 rings (SSSR count). The molecule has 1 aromatic heterocycles. The van der Waals surface area contributed by atoms with Gasteiger partial charge in [-0.25, -0.2) is 9.78 Å². The van der Waals surface area contributed by atoms with Crippen LogP contribution in [-0.4, -0.2) is 61.0 Å². The van der Waals surface area contributed by atoms with Crippen molar-refractivity contribution >= 4 is 11.8 Å². The fourth-order valence-electron chi connectivity index (χ4n) is 8.00. The molecule has 2 aromatic rings. The van der Waals surface area contributed by atoms with Gasteiger partial charge in [-0.2, -0.15) is 0 Å². The number of esters is 1. The lowest BCUT2D eigenvalue weighted by molar-refractivity contribution is -0.190. The van der Waals surface area contributed by atoms with E-state index in [2.05, 4.69) is 18.8 Å². The van der Waals surface area contributed by atoms with Crippen molar-refractivity contribution < 1.29 is 29.6 Å². The average Bonchev–Trinajstić information content (AvgIpc) is 3.20. The summed E-state index contributed by atoms with van der Waals surface area (Å²) >= 11 is 0. The molecule has 1 spiro atoms. The van der Waals surface area contributed by atoms with Crippen LogP contribution in [0.15, 0.2) is 66.2 Å². The summed E-state index contributed by atoms with van der Waals surface area (Å²) in [7, 11) is 0. The molecule has 200 valence electrons. The summed E-state index contributed by atoms with van der Waals surface area (Å²) in [4.78, 5) is 32.1. The number of carbonyl (C=O) groups is 2. The quantitative estimate of drug-likeness (QED) is 0.420. The first-order chi connectivity index (χ1) is 18.0. The summed E-state index contributed by atoms with van der Waals surface area (Å²) in [6.07, 6.45) is 4.08. The molecule has 38 heavy (non-hydrogen) atoms. The minimum absolute atomic E-state index is 0.0558. The molecule has 0 saturated heterocycles. The van der Waals surface area contributed by atoms with Crippen LogP contribution in [0.1, 0.15) is 44.6 Å². The third-order valence-electron chi connectivity index (χ3n) is 10.0. The Morgan fingerprint density at radius 3 is 2.63 bits per heavy atom. The minimum atomic E-state index is -2.18. The summed E-state index contributed by atoms with van der Waals surface area (Å²) in [5.74, 6) is -1.46. The van der Waals surface area contributed by atoms with Crippen LogP contribution in [0, 0.1) is 34.5 Å². The number of ketones is 1. The molecule has 4 aliphatic rings. The van der Waals surface area contributed by atoms with Crippen LogP contribution in [0.4, 0.5) is 0 Å². The van der Waals surface area contributed by atoms with E-state index < -0.39 is 41.7 Å². The van der Waals surface area contributed by atoms with Crippen LogP contribution in [0.5, 0.6) is 0 Å². The fourth-order valence-corrected chi connectivity index (χ4v) is 8.00. The van der Waals surface area contributed by atoms with Gasteiger partial charge in [-0.1, -0.05) is 51.1 Å². The van der Waals surface area contributed by atoms with Crippen molar-refractivity contribution in [1.82, 2.24) is 9.55 Å². The molecule has 0 amide bonds. The van der Waals surface area contributed by atoms with Gasteiger partial charge in [0, 0.05) is 11.6 Å². The number of hydrogen-bond donors (Lipinski definition) is 3. The predicted molar refractivity (Wildman–Crippen MR) is 138 cm³/mol. The molecule has 2 fully saturated rings. The Hall–Kier alpha value is -3.07. The zero-order chi connectivity index (χ0) is 27.2. The number of para-hydroxylation sites is 1. The van der Waals surface area contributed by atoms with Crippen molar-refractivity contribution in [3.05, 3.63) is 71.8 Å². The van der Waals surface area contributed by atoms with Crippen molar-refractivity contribution in [3.8, 4) is 5.69 Å². The second kappa shape index (κ2) is 8.21. The molecule has 3 N–H and O–H groups in total. The van der Waals surface area contributed by atoms with Gasteiger partial charge in [-0.05, 0) is 59.8 Å². The van der Waals surface area contributed by atoms with Crippen LogP contribution in [0.3, 0.4) is 0 Å². The SMILES string of the molecule is CC1=CC23C(=O)[C@@H](C=C(CO)[C@@H](O)[C@]2(O)[C@H]1OC(=O)c1cncn1-c1ccccc1)[C@H]1[C@@H](CC3C)C1(C)C. The second-order valence-corrected chi connectivity index (χ2v) is 12.1. The number of imidazole rings is 1. The summed E-state index contributed by atoms with van der Waals surface area (Å²) in [5.41, 5.74) is -2.16. The lowest BCUT2D eigenvalue weighted by atomic mass is 9.59. The molecule has 8 nitrogen and oxygen atoms in total. The van der Waals surface area contributed by atoms with E-state index in [0.717, 1.165) is 0 Å². The van der Waals surface area contributed by atoms with Gasteiger partial charge in [0.05, 0.1) is 24.5 Å². The summed E-state index contributed by atoms with van der Waals surface area (Å²) in [6.45, 7) is 7.43. The van der Waals surface area contributed by atoms with Gasteiger partial charge < -0.3 is 20.1 Å². The summed E-state index contributed by atoms with van der Waals surface area (Å²) < 4.78 is 7.57. The number of carbonyl (C=O) groups excluding carboxylic acids is 2. The number of aromatic nitrogens is 2. The predicted octanol–water partition coefficient (Wildman–Crippen LogP) is 2.87. The Morgan fingerprint density at radius 2 is 1.95 bits per heavy atom. The Balaban J connectivity index is 1.44. The first-order valence-corrected chi connectivity index (χ1v) is 13.2. The van der Waals surface area contributed by atoms with Crippen LogP contribution < -0.4 is 0 Å². The standard InChI is InChI=1S/C30H34N2O6/c1-16-12-29-17(2)10-21-23(28(21,3)4)20(25(29)35)11-18(14-33)24(34)30(29,37)26(16)38-27(36)22-13-31-15-32(22)19-8-6-5-7-9-19/h5-9,11-13,15,17,20-21,23-24,26,33-34,37H,10,14H2,1-4H3/t17?,20-,21+,23-,24+,26-,29?,30-/m0/s1. The molecule has 2 saturated carbocycles. The Labute approximate surface area is 221 Å². The first kappa shape index (κ1) is 25.2. The van der Waals surface area contributed by atoms with Gasteiger partial charge in [0.1, 0.15) is 6.10 Å². The van der Waals surface area contributed by atoms with Crippen LogP contribution in [-0.2, 0) is 9.53 Å². The first-order valence-electron chi connectivity index (χ1n) is 13.2. The zero-order valence-electron chi connectivity index (χ0n) is 22.0. The Bertz CT molecular complexity index is 1380. The molecule has 8 atom stereocenters. The topological polar surface area (TPSA) is 122 Å². The molecule has 8 heteroatoms. The van der Waals surface area contributed by atoms with Crippen LogP contribution in [0.25, 0.3) is 5.69 Å². The highest BCUT2D eigenvalue weighted by molar-refractivity contribution is 5.96. The van der Waals surface area contributed by atoms with Crippen LogP contribution >= 0.6 is 0 Å².